The van der Waals surface area contributed by atoms with Crippen molar-refractivity contribution in [1.82, 2.24) is 5.32 Å². The zero-order chi connectivity index (χ0) is 14.9. The van der Waals surface area contributed by atoms with Crippen molar-refractivity contribution in [1.29, 1.82) is 0 Å². The summed E-state index contributed by atoms with van der Waals surface area (Å²) in [6.07, 6.45) is 6.18. The predicted octanol–water partition coefficient (Wildman–Crippen LogP) is 3.85. The Kier molecular flexibility index (Phi) is 4.08. The minimum Gasteiger partial charge on any atom is -0.497 e. The van der Waals surface area contributed by atoms with Crippen LogP contribution in [0.15, 0.2) is 30.4 Å². The molecule has 3 rings (SSSR count). The van der Waals surface area contributed by atoms with Gasteiger partial charge in [0.1, 0.15) is 5.75 Å². The van der Waals surface area contributed by atoms with E-state index in [1.54, 1.807) is 7.11 Å². The van der Waals surface area contributed by atoms with Gasteiger partial charge in [-0.1, -0.05) is 25.1 Å². The second-order valence-corrected chi connectivity index (χ2v) is 6.86. The van der Waals surface area contributed by atoms with E-state index >= 15 is 0 Å². The fourth-order valence-electron chi connectivity index (χ4n) is 3.44. The Morgan fingerprint density at radius 1 is 1.33 bits per heavy atom. The van der Waals surface area contributed by atoms with Crippen LogP contribution >= 0.6 is 0 Å². The van der Waals surface area contributed by atoms with E-state index in [9.17, 15) is 0 Å². The van der Waals surface area contributed by atoms with E-state index in [4.69, 9.17) is 4.74 Å². The molecule has 0 heterocycles. The van der Waals surface area contributed by atoms with Gasteiger partial charge in [0.15, 0.2) is 0 Å². The van der Waals surface area contributed by atoms with Crippen molar-refractivity contribution in [2.24, 2.45) is 5.92 Å². The van der Waals surface area contributed by atoms with Crippen LogP contribution in [-0.2, 0) is 11.8 Å². The molecule has 0 unspecified atom stereocenters. The molecule has 0 aromatic heterocycles. The van der Waals surface area contributed by atoms with Crippen LogP contribution in [0.4, 0.5) is 0 Å². The highest BCUT2D eigenvalue weighted by Crippen LogP contribution is 2.43. The highest BCUT2D eigenvalue weighted by molar-refractivity contribution is 5.48. The average molecular weight is 285 g/mol. The summed E-state index contributed by atoms with van der Waals surface area (Å²) in [4.78, 5) is 0. The van der Waals surface area contributed by atoms with Crippen molar-refractivity contribution in [2.45, 2.75) is 44.4 Å². The Balaban J connectivity index is 1.76. The Labute approximate surface area is 128 Å². The molecule has 0 aliphatic heterocycles. The zero-order valence-electron chi connectivity index (χ0n) is 13.4. The molecule has 1 fully saturated rings. The number of nitrogens with one attached hydrogen (secondary N) is 1. The first-order valence-corrected chi connectivity index (χ1v) is 8.20. The summed E-state index contributed by atoms with van der Waals surface area (Å²) in [6.45, 7) is 8.99. The second kappa shape index (κ2) is 5.84. The molecule has 0 amide bonds. The fraction of sp³-hybridized carbons (Fsp3) is 0.579. The second-order valence-electron chi connectivity index (χ2n) is 6.86. The predicted molar refractivity (Wildman–Crippen MR) is 88.0 cm³/mol. The first-order valence-electron chi connectivity index (χ1n) is 8.20. The summed E-state index contributed by atoms with van der Waals surface area (Å²) in [5.74, 6) is 1.90. The molecule has 1 saturated carbocycles. The van der Waals surface area contributed by atoms with E-state index in [0.717, 1.165) is 37.5 Å². The van der Waals surface area contributed by atoms with Gasteiger partial charge in [0.25, 0.3) is 0 Å². The van der Waals surface area contributed by atoms with Gasteiger partial charge in [-0.25, -0.2) is 0 Å². The summed E-state index contributed by atoms with van der Waals surface area (Å²) < 4.78 is 5.43. The lowest BCUT2D eigenvalue weighted by atomic mass is 9.66. The van der Waals surface area contributed by atoms with E-state index in [1.165, 1.54) is 36.1 Å². The number of benzene rings is 1. The summed E-state index contributed by atoms with van der Waals surface area (Å²) in [5, 5.41) is 3.63. The van der Waals surface area contributed by atoms with Gasteiger partial charge in [-0.2, -0.15) is 0 Å². The molecule has 1 aromatic carbocycles. The maximum absolute atomic E-state index is 5.43. The summed E-state index contributed by atoms with van der Waals surface area (Å²) in [5.41, 5.74) is 4.34. The van der Waals surface area contributed by atoms with Crippen molar-refractivity contribution in [3.8, 4) is 5.75 Å². The molecule has 21 heavy (non-hydrogen) atoms. The smallest absolute Gasteiger partial charge is 0.119 e. The first kappa shape index (κ1) is 14.6. The average Bonchev–Trinajstić information content (AvgIpc) is 3.32. The third kappa shape index (κ3) is 3.01. The van der Waals surface area contributed by atoms with Crippen LogP contribution in [0.2, 0.25) is 0 Å². The van der Waals surface area contributed by atoms with Crippen molar-refractivity contribution >= 4 is 0 Å². The lowest BCUT2D eigenvalue weighted by Gasteiger charge is -2.38. The lowest BCUT2D eigenvalue weighted by molar-refractivity contribution is 0.407. The summed E-state index contributed by atoms with van der Waals surface area (Å²) >= 11 is 0. The number of ether oxygens (including phenoxy) is 1. The minimum atomic E-state index is 0.0820. The standard InChI is InChI=1S/C19H27NO/c1-14-4-7-16-8-9-17(21-3)12-18(16)19(14,2)10-11-20-13-15-5-6-15/h8-9,12,15,20H,1,4-7,10-11,13H2,2-3H3/t19-/m1/s1. The molecule has 2 nitrogen and oxygen atoms in total. The van der Waals surface area contributed by atoms with Gasteiger partial charge >= 0.3 is 0 Å². The molecule has 0 bridgehead atoms. The van der Waals surface area contributed by atoms with Crippen LogP contribution in [0.5, 0.6) is 5.75 Å². The number of allylic oxidation sites excluding steroid dienone is 1. The van der Waals surface area contributed by atoms with Crippen molar-refractivity contribution < 1.29 is 4.74 Å². The van der Waals surface area contributed by atoms with Crippen LogP contribution in [0.1, 0.15) is 43.7 Å². The largest absolute Gasteiger partial charge is 0.497 e. The van der Waals surface area contributed by atoms with Crippen molar-refractivity contribution in [2.75, 3.05) is 20.2 Å². The molecule has 0 radical (unpaired) electrons. The third-order valence-electron chi connectivity index (χ3n) is 5.32. The Morgan fingerprint density at radius 2 is 2.14 bits per heavy atom. The summed E-state index contributed by atoms with van der Waals surface area (Å²) in [6, 6.07) is 6.54. The third-order valence-corrected chi connectivity index (χ3v) is 5.32. The topological polar surface area (TPSA) is 21.3 Å². The number of hydrogen-bond acceptors (Lipinski definition) is 2. The van der Waals surface area contributed by atoms with Gasteiger partial charge in [-0.3, -0.25) is 0 Å². The van der Waals surface area contributed by atoms with Crippen molar-refractivity contribution in [3.05, 3.63) is 41.5 Å². The monoisotopic (exact) mass is 285 g/mol. The highest BCUT2D eigenvalue weighted by atomic mass is 16.5. The van der Waals surface area contributed by atoms with Gasteiger partial charge in [0, 0.05) is 5.41 Å². The summed E-state index contributed by atoms with van der Waals surface area (Å²) in [7, 11) is 1.74. The molecule has 0 spiro atoms. The van der Waals surface area contributed by atoms with Gasteiger partial charge in [0.2, 0.25) is 0 Å². The van der Waals surface area contributed by atoms with E-state index in [2.05, 4.69) is 37.0 Å². The lowest BCUT2D eigenvalue weighted by Crippen LogP contribution is -2.34. The van der Waals surface area contributed by atoms with Gasteiger partial charge in [-0.15, -0.1) is 0 Å². The van der Waals surface area contributed by atoms with E-state index in [0.29, 0.717) is 0 Å². The van der Waals surface area contributed by atoms with Gasteiger partial charge in [-0.05, 0) is 74.4 Å². The molecule has 2 aliphatic rings. The quantitative estimate of drug-likeness (QED) is 0.633. The van der Waals surface area contributed by atoms with E-state index in [-0.39, 0.29) is 5.41 Å². The maximum atomic E-state index is 5.43. The van der Waals surface area contributed by atoms with Gasteiger partial charge in [0.05, 0.1) is 7.11 Å². The molecule has 0 saturated heterocycles. The zero-order valence-corrected chi connectivity index (χ0v) is 13.4. The molecule has 1 atom stereocenters. The number of methoxy groups -OCH3 is 1. The van der Waals surface area contributed by atoms with Crippen LogP contribution < -0.4 is 10.1 Å². The Bertz CT molecular complexity index is 532. The van der Waals surface area contributed by atoms with Crippen LogP contribution in [0.3, 0.4) is 0 Å². The normalized spacial score (nSPS) is 24.8. The maximum Gasteiger partial charge on any atom is 0.119 e. The number of hydrogen-bond donors (Lipinski definition) is 1. The Hall–Kier alpha value is -1.28. The number of fused-ring (bicyclic) bond motifs is 1. The molecule has 114 valence electrons. The molecular formula is C19H27NO. The number of rotatable bonds is 6. The number of aryl methyl sites for hydroxylation is 1. The van der Waals surface area contributed by atoms with E-state index in [1.807, 2.05) is 0 Å². The molecule has 1 N–H and O–H groups in total. The van der Waals surface area contributed by atoms with E-state index < -0.39 is 0 Å². The van der Waals surface area contributed by atoms with Crippen LogP contribution in [0, 0.1) is 5.92 Å². The van der Waals surface area contributed by atoms with Gasteiger partial charge < -0.3 is 10.1 Å². The van der Waals surface area contributed by atoms with Crippen molar-refractivity contribution in [3.63, 3.8) is 0 Å². The Morgan fingerprint density at radius 3 is 2.86 bits per heavy atom. The molecular weight excluding hydrogens is 258 g/mol. The molecule has 2 heteroatoms. The van der Waals surface area contributed by atoms with Crippen LogP contribution in [-0.4, -0.2) is 20.2 Å². The highest BCUT2D eigenvalue weighted by Gasteiger charge is 2.35. The molecule has 1 aromatic rings. The minimum absolute atomic E-state index is 0.0820. The first-order chi connectivity index (χ1) is 10.1. The SMILES string of the molecule is C=C1CCc2ccc(OC)cc2[C@]1(C)CCNCC1CC1. The molecule has 2 aliphatic carbocycles. The fourth-order valence-corrected chi connectivity index (χ4v) is 3.44. The van der Waals surface area contributed by atoms with Crippen LogP contribution in [0.25, 0.3) is 0 Å².